The zero-order valence-corrected chi connectivity index (χ0v) is 11.7. The van der Waals surface area contributed by atoms with Crippen LogP contribution in [-0.4, -0.2) is 28.3 Å². The van der Waals surface area contributed by atoms with Gasteiger partial charge in [-0.05, 0) is 19.1 Å². The molecule has 0 saturated carbocycles. The van der Waals surface area contributed by atoms with Crippen molar-refractivity contribution in [3.8, 4) is 0 Å². The molecule has 2 rings (SSSR count). The lowest BCUT2D eigenvalue weighted by molar-refractivity contribution is -0.118. The van der Waals surface area contributed by atoms with Crippen LogP contribution < -0.4 is 10.9 Å². The van der Waals surface area contributed by atoms with Crippen LogP contribution in [0.5, 0.6) is 0 Å². The lowest BCUT2D eigenvalue weighted by Crippen LogP contribution is -2.24. The van der Waals surface area contributed by atoms with Crippen LogP contribution in [-0.2, 0) is 11.3 Å². The molecule has 1 amide bonds. The number of para-hydroxylation sites is 1. The van der Waals surface area contributed by atoms with Crippen molar-refractivity contribution in [3.05, 3.63) is 34.6 Å². The number of hydrogen-bond donors (Lipinski definition) is 1. The third kappa shape index (κ3) is 2.78. The third-order valence-corrected chi connectivity index (χ3v) is 3.73. The van der Waals surface area contributed by atoms with E-state index in [2.05, 4.69) is 10.3 Å². The average Bonchev–Trinajstić information content (AvgIpc) is 2.45. The average molecular weight is 277 g/mol. The number of nitrogens with one attached hydrogen (secondary N) is 1. The minimum absolute atomic E-state index is 0.0625. The molecular formula is C13H15N3O2S. The van der Waals surface area contributed by atoms with Gasteiger partial charge < -0.3 is 5.32 Å². The standard InChI is InChI=1S/C13H15N3O2S/c1-3-16-12(18)9-6-4-5-7-10(9)15-13(16)19-8-11(17)14-2/h4-7H,3,8H2,1-2H3,(H,14,17). The number of nitrogens with zero attached hydrogens (tertiary/aromatic N) is 2. The smallest absolute Gasteiger partial charge is 0.262 e. The Morgan fingerprint density at radius 3 is 2.84 bits per heavy atom. The molecular weight excluding hydrogens is 262 g/mol. The van der Waals surface area contributed by atoms with Crippen LogP contribution in [0.2, 0.25) is 0 Å². The van der Waals surface area contributed by atoms with Gasteiger partial charge in [0.1, 0.15) is 0 Å². The van der Waals surface area contributed by atoms with Gasteiger partial charge in [0.25, 0.3) is 5.56 Å². The Morgan fingerprint density at radius 2 is 2.16 bits per heavy atom. The zero-order chi connectivity index (χ0) is 13.8. The van der Waals surface area contributed by atoms with Gasteiger partial charge >= 0.3 is 0 Å². The molecule has 100 valence electrons. The second-order valence-electron chi connectivity index (χ2n) is 3.92. The second-order valence-corrected chi connectivity index (χ2v) is 4.87. The fourth-order valence-corrected chi connectivity index (χ4v) is 2.67. The van der Waals surface area contributed by atoms with E-state index in [9.17, 15) is 9.59 Å². The number of fused-ring (bicyclic) bond motifs is 1. The monoisotopic (exact) mass is 277 g/mol. The van der Waals surface area contributed by atoms with E-state index in [0.717, 1.165) is 0 Å². The summed E-state index contributed by atoms with van der Waals surface area (Å²) in [6.07, 6.45) is 0. The molecule has 0 bridgehead atoms. The van der Waals surface area contributed by atoms with Gasteiger partial charge in [-0.25, -0.2) is 4.98 Å². The highest BCUT2D eigenvalue weighted by atomic mass is 32.2. The molecule has 1 N–H and O–H groups in total. The van der Waals surface area contributed by atoms with Gasteiger partial charge in [0, 0.05) is 13.6 Å². The van der Waals surface area contributed by atoms with Gasteiger partial charge in [-0.2, -0.15) is 0 Å². The van der Waals surface area contributed by atoms with Crippen LogP contribution in [0.1, 0.15) is 6.92 Å². The lowest BCUT2D eigenvalue weighted by Gasteiger charge is -2.10. The molecule has 5 nitrogen and oxygen atoms in total. The summed E-state index contributed by atoms with van der Waals surface area (Å²) in [5.41, 5.74) is 0.601. The summed E-state index contributed by atoms with van der Waals surface area (Å²) in [6, 6.07) is 7.24. The van der Waals surface area contributed by atoms with Crippen molar-refractivity contribution >= 4 is 28.6 Å². The van der Waals surface area contributed by atoms with Gasteiger partial charge in [-0.1, -0.05) is 23.9 Å². The molecule has 0 unspecified atom stereocenters. The third-order valence-electron chi connectivity index (χ3n) is 2.75. The first kappa shape index (κ1) is 13.6. The van der Waals surface area contributed by atoms with E-state index in [0.29, 0.717) is 22.6 Å². The van der Waals surface area contributed by atoms with Crippen LogP contribution in [0.15, 0.2) is 34.2 Å². The second kappa shape index (κ2) is 5.88. The summed E-state index contributed by atoms with van der Waals surface area (Å²) in [7, 11) is 1.59. The van der Waals surface area contributed by atoms with Gasteiger partial charge in [-0.3, -0.25) is 14.2 Å². The Morgan fingerprint density at radius 1 is 1.42 bits per heavy atom. The number of carbonyl (C=O) groups is 1. The molecule has 0 aliphatic rings. The highest BCUT2D eigenvalue weighted by Gasteiger charge is 2.11. The molecule has 1 heterocycles. The number of aromatic nitrogens is 2. The first-order valence-corrected chi connectivity index (χ1v) is 6.99. The fraction of sp³-hybridized carbons (Fsp3) is 0.308. The van der Waals surface area contributed by atoms with Crippen molar-refractivity contribution in [2.75, 3.05) is 12.8 Å². The normalized spacial score (nSPS) is 10.6. The Bertz CT molecular complexity index is 666. The Balaban J connectivity index is 2.48. The van der Waals surface area contributed by atoms with Crippen LogP contribution in [0.25, 0.3) is 10.9 Å². The van der Waals surface area contributed by atoms with Crippen LogP contribution >= 0.6 is 11.8 Å². The predicted molar refractivity (Wildman–Crippen MR) is 76.5 cm³/mol. The number of hydrogen-bond acceptors (Lipinski definition) is 4. The highest BCUT2D eigenvalue weighted by molar-refractivity contribution is 7.99. The Hall–Kier alpha value is -1.82. The van der Waals surface area contributed by atoms with E-state index in [4.69, 9.17) is 0 Å². The van der Waals surface area contributed by atoms with E-state index in [1.54, 1.807) is 23.7 Å². The molecule has 2 aromatic rings. The quantitative estimate of drug-likeness (QED) is 0.675. The van der Waals surface area contributed by atoms with E-state index in [1.807, 2.05) is 19.1 Å². The lowest BCUT2D eigenvalue weighted by atomic mass is 10.2. The largest absolute Gasteiger partial charge is 0.358 e. The predicted octanol–water partition coefficient (Wildman–Crippen LogP) is 1.25. The van der Waals surface area contributed by atoms with Crippen LogP contribution in [0, 0.1) is 0 Å². The Kier molecular flexibility index (Phi) is 4.21. The first-order chi connectivity index (χ1) is 9.17. The van der Waals surface area contributed by atoms with Crippen LogP contribution in [0.3, 0.4) is 0 Å². The maximum absolute atomic E-state index is 12.3. The molecule has 1 aromatic heterocycles. The summed E-state index contributed by atoms with van der Waals surface area (Å²) >= 11 is 1.27. The van der Waals surface area contributed by atoms with Crippen molar-refractivity contribution in [1.82, 2.24) is 14.9 Å². The molecule has 1 aromatic carbocycles. The molecule has 0 aliphatic carbocycles. The first-order valence-electron chi connectivity index (χ1n) is 6.00. The Labute approximate surface area is 115 Å². The molecule has 19 heavy (non-hydrogen) atoms. The van der Waals surface area contributed by atoms with Crippen molar-refractivity contribution in [2.45, 2.75) is 18.6 Å². The minimum atomic E-state index is -0.0879. The SMILES string of the molecule is CCn1c(SCC(=O)NC)nc2ccccc2c1=O. The number of carbonyl (C=O) groups excluding carboxylic acids is 1. The summed E-state index contributed by atoms with van der Waals surface area (Å²) in [5, 5.41) is 3.73. The molecule has 0 saturated heterocycles. The highest BCUT2D eigenvalue weighted by Crippen LogP contribution is 2.17. The van der Waals surface area contributed by atoms with Crippen molar-refractivity contribution in [3.63, 3.8) is 0 Å². The number of benzene rings is 1. The molecule has 0 radical (unpaired) electrons. The molecule has 0 aliphatic heterocycles. The van der Waals surface area contributed by atoms with Crippen molar-refractivity contribution < 1.29 is 4.79 Å². The molecule has 0 atom stereocenters. The van der Waals surface area contributed by atoms with E-state index in [-0.39, 0.29) is 17.2 Å². The topological polar surface area (TPSA) is 64.0 Å². The number of amides is 1. The number of thioether (sulfide) groups is 1. The van der Waals surface area contributed by atoms with Crippen LogP contribution in [0.4, 0.5) is 0 Å². The van der Waals surface area contributed by atoms with Gasteiger partial charge in [0.2, 0.25) is 5.91 Å². The maximum atomic E-state index is 12.3. The molecule has 0 spiro atoms. The fourth-order valence-electron chi connectivity index (χ4n) is 1.74. The summed E-state index contributed by atoms with van der Waals surface area (Å²) in [4.78, 5) is 28.0. The summed E-state index contributed by atoms with van der Waals surface area (Å²) in [6.45, 7) is 2.43. The van der Waals surface area contributed by atoms with Gasteiger partial charge in [-0.15, -0.1) is 0 Å². The number of rotatable bonds is 4. The van der Waals surface area contributed by atoms with E-state index in [1.165, 1.54) is 11.8 Å². The van der Waals surface area contributed by atoms with Crippen molar-refractivity contribution in [1.29, 1.82) is 0 Å². The molecule has 0 fully saturated rings. The zero-order valence-electron chi connectivity index (χ0n) is 10.8. The van der Waals surface area contributed by atoms with E-state index >= 15 is 0 Å². The maximum Gasteiger partial charge on any atom is 0.262 e. The molecule has 6 heteroatoms. The van der Waals surface area contributed by atoms with E-state index < -0.39 is 0 Å². The summed E-state index contributed by atoms with van der Waals surface area (Å²) in [5.74, 6) is 0.163. The van der Waals surface area contributed by atoms with Crippen molar-refractivity contribution in [2.24, 2.45) is 0 Å². The minimum Gasteiger partial charge on any atom is -0.358 e. The van der Waals surface area contributed by atoms with Gasteiger partial charge in [0.05, 0.1) is 16.7 Å². The van der Waals surface area contributed by atoms with Gasteiger partial charge in [0.15, 0.2) is 5.16 Å². The summed E-state index contributed by atoms with van der Waals surface area (Å²) < 4.78 is 1.59.